The molecule has 0 saturated carbocycles. The number of aromatic nitrogens is 5. The van der Waals surface area contributed by atoms with Crippen LogP contribution in [0, 0.1) is 0 Å². The van der Waals surface area contributed by atoms with Gasteiger partial charge in [-0.05, 0) is 18.9 Å². The number of likely N-dealkylation sites (tertiary alicyclic amines) is 1. The largest absolute Gasteiger partial charge is 0.484 e. The molecule has 3 aromatic heterocycles. The van der Waals surface area contributed by atoms with E-state index in [9.17, 15) is 14.7 Å². The molecule has 5 rings (SSSR count). The molecule has 0 bridgehead atoms. The summed E-state index contributed by atoms with van der Waals surface area (Å²) in [4.78, 5) is 36.9. The van der Waals surface area contributed by atoms with E-state index in [1.807, 2.05) is 0 Å². The molecule has 0 aromatic carbocycles. The van der Waals surface area contributed by atoms with Gasteiger partial charge in [0.2, 0.25) is 5.88 Å². The zero-order valence-electron chi connectivity index (χ0n) is 19.9. The number of piperidine rings is 1. The Bertz CT molecular complexity index is 1310. The van der Waals surface area contributed by atoms with E-state index in [1.165, 1.54) is 24.3 Å². The smallest absolute Gasteiger partial charge is 0.407 e. The number of carboxylic acid groups (broad SMARTS) is 1. The minimum Gasteiger partial charge on any atom is -0.484 e. The molecule has 13 nitrogen and oxygen atoms in total. The van der Waals surface area contributed by atoms with Gasteiger partial charge in [-0.25, -0.2) is 9.78 Å². The van der Waals surface area contributed by atoms with Gasteiger partial charge >= 0.3 is 6.09 Å². The van der Waals surface area contributed by atoms with Crippen molar-refractivity contribution in [1.29, 1.82) is 0 Å². The number of hydrogen-bond donors (Lipinski definition) is 1. The van der Waals surface area contributed by atoms with Gasteiger partial charge in [-0.1, -0.05) is 0 Å². The number of rotatable bonds is 7. The van der Waals surface area contributed by atoms with Crippen molar-refractivity contribution in [2.75, 3.05) is 40.0 Å². The zero-order valence-corrected chi connectivity index (χ0v) is 19.9. The molecule has 190 valence electrons. The summed E-state index contributed by atoms with van der Waals surface area (Å²) >= 11 is 0. The van der Waals surface area contributed by atoms with E-state index in [1.54, 1.807) is 16.7 Å². The van der Waals surface area contributed by atoms with Crippen molar-refractivity contribution in [1.82, 2.24) is 34.5 Å². The fraction of sp³-hybridized carbons (Fsp3) is 0.478. The Morgan fingerprint density at radius 3 is 2.78 bits per heavy atom. The first-order valence-electron chi connectivity index (χ1n) is 11.8. The Kier molecular flexibility index (Phi) is 6.80. The van der Waals surface area contributed by atoms with E-state index in [0.717, 1.165) is 0 Å². The number of nitrogens with zero attached hydrogens (tertiary/aromatic N) is 7. The molecule has 1 amide bonds. The summed E-state index contributed by atoms with van der Waals surface area (Å²) in [6.45, 7) is 3.44. The average Bonchev–Trinajstić information content (AvgIpc) is 2.91. The van der Waals surface area contributed by atoms with Crippen LogP contribution in [0.5, 0.6) is 17.5 Å². The minimum atomic E-state index is -1.00. The minimum absolute atomic E-state index is 0.121. The van der Waals surface area contributed by atoms with Gasteiger partial charge in [-0.15, -0.1) is 10.2 Å². The number of fused-ring (bicyclic) bond motifs is 2. The Morgan fingerprint density at radius 2 is 2.00 bits per heavy atom. The van der Waals surface area contributed by atoms with Crippen molar-refractivity contribution in [3.8, 4) is 17.5 Å². The molecule has 2 aliphatic rings. The molecule has 3 aromatic rings. The lowest BCUT2D eigenvalue weighted by molar-refractivity contribution is 0.0845. The first-order chi connectivity index (χ1) is 17.5. The Balaban J connectivity index is 1.21. The number of methoxy groups -OCH3 is 1. The van der Waals surface area contributed by atoms with Gasteiger partial charge in [-0.3, -0.25) is 14.3 Å². The highest BCUT2D eigenvalue weighted by molar-refractivity contribution is 5.70. The van der Waals surface area contributed by atoms with Crippen molar-refractivity contribution < 1.29 is 24.1 Å². The quantitative estimate of drug-likeness (QED) is 0.499. The first kappa shape index (κ1) is 23.7. The highest BCUT2D eigenvalue weighted by Gasteiger charge is 2.29. The maximum atomic E-state index is 12.5. The number of carbonyl (C=O) groups is 1. The molecule has 1 N–H and O–H groups in total. The van der Waals surface area contributed by atoms with Crippen molar-refractivity contribution in [3.63, 3.8) is 0 Å². The van der Waals surface area contributed by atoms with E-state index >= 15 is 0 Å². The van der Waals surface area contributed by atoms with Crippen LogP contribution in [-0.4, -0.2) is 91.7 Å². The van der Waals surface area contributed by atoms with Crippen LogP contribution >= 0.6 is 0 Å². The molecular weight excluding hydrogens is 470 g/mol. The van der Waals surface area contributed by atoms with E-state index < -0.39 is 6.09 Å². The van der Waals surface area contributed by atoms with Gasteiger partial charge in [0.25, 0.3) is 11.4 Å². The second-order valence-corrected chi connectivity index (χ2v) is 8.63. The number of pyridine rings is 1. The molecule has 0 spiro atoms. The molecule has 1 fully saturated rings. The first-order valence-corrected chi connectivity index (χ1v) is 11.8. The second-order valence-electron chi connectivity index (χ2n) is 8.63. The van der Waals surface area contributed by atoms with Crippen molar-refractivity contribution in [3.05, 3.63) is 40.4 Å². The van der Waals surface area contributed by atoms with E-state index in [2.05, 4.69) is 25.1 Å². The normalized spacial score (nSPS) is 16.1. The monoisotopic (exact) mass is 497 g/mol. The van der Waals surface area contributed by atoms with Crippen molar-refractivity contribution >= 4 is 17.3 Å². The second kappa shape index (κ2) is 10.3. The highest BCUT2D eigenvalue weighted by atomic mass is 16.6. The Morgan fingerprint density at radius 1 is 1.19 bits per heavy atom. The predicted molar refractivity (Wildman–Crippen MR) is 126 cm³/mol. The van der Waals surface area contributed by atoms with E-state index in [0.29, 0.717) is 86.6 Å². The standard InChI is InChI=1S/C23H27N7O6/c1-34-19-13-24-17-2-3-20(31)29(21(17)25-19)9-8-28-6-4-16(5-7-28)30(23(32)33)14-15-12-18-22(27-26-15)36-11-10-35-18/h2-3,12-13,16H,4-11,14H2,1H3,(H,32,33). The van der Waals surface area contributed by atoms with Crippen LogP contribution < -0.4 is 19.8 Å². The van der Waals surface area contributed by atoms with Crippen LogP contribution in [0.15, 0.2) is 29.2 Å². The van der Waals surface area contributed by atoms with E-state index in [4.69, 9.17) is 14.2 Å². The predicted octanol–water partition coefficient (Wildman–Crippen LogP) is 1.01. The molecule has 0 aliphatic carbocycles. The molecule has 36 heavy (non-hydrogen) atoms. The van der Waals surface area contributed by atoms with Gasteiger partial charge in [-0.2, -0.15) is 4.98 Å². The molecule has 0 atom stereocenters. The molecule has 13 heteroatoms. The Hall–Kier alpha value is -4.00. The molecular formula is C23H27N7O6. The molecule has 0 unspecified atom stereocenters. The van der Waals surface area contributed by atoms with Crippen LogP contribution in [0.25, 0.3) is 11.2 Å². The van der Waals surface area contributed by atoms with Gasteiger partial charge in [0.1, 0.15) is 18.7 Å². The third-order valence-electron chi connectivity index (χ3n) is 6.45. The molecule has 5 heterocycles. The number of hydrogen-bond acceptors (Lipinski definition) is 10. The summed E-state index contributed by atoms with van der Waals surface area (Å²) in [6.07, 6.45) is 1.86. The van der Waals surface area contributed by atoms with Gasteiger partial charge in [0, 0.05) is 44.4 Å². The third kappa shape index (κ3) is 5.00. The summed E-state index contributed by atoms with van der Waals surface area (Å²) in [6, 6.07) is 4.68. The molecule has 2 aliphatic heterocycles. The van der Waals surface area contributed by atoms with Gasteiger partial charge in [0.15, 0.2) is 11.4 Å². The summed E-state index contributed by atoms with van der Waals surface area (Å²) in [5, 5.41) is 18.0. The maximum Gasteiger partial charge on any atom is 0.407 e. The topological polar surface area (TPSA) is 145 Å². The lowest BCUT2D eigenvalue weighted by Crippen LogP contribution is -2.47. The lowest BCUT2D eigenvalue weighted by Gasteiger charge is -2.37. The maximum absolute atomic E-state index is 12.5. The number of ether oxygens (including phenoxy) is 3. The third-order valence-corrected chi connectivity index (χ3v) is 6.45. The molecule has 0 radical (unpaired) electrons. The lowest BCUT2D eigenvalue weighted by atomic mass is 10.0. The van der Waals surface area contributed by atoms with E-state index in [-0.39, 0.29) is 18.1 Å². The fourth-order valence-electron chi connectivity index (χ4n) is 4.54. The zero-order chi connectivity index (χ0) is 25.1. The fourth-order valence-corrected chi connectivity index (χ4v) is 4.54. The SMILES string of the molecule is COc1cnc2ccc(=O)n(CCN3CCC(N(Cc4cc5c(nn4)OCCO5)C(=O)O)CC3)c2n1. The number of amides is 1. The molecule has 1 saturated heterocycles. The summed E-state index contributed by atoms with van der Waals surface area (Å²) in [5.41, 5.74) is 1.45. The van der Waals surface area contributed by atoms with Gasteiger partial charge in [0.05, 0.1) is 25.5 Å². The highest BCUT2D eigenvalue weighted by Crippen LogP contribution is 2.28. The van der Waals surface area contributed by atoms with Crippen molar-refractivity contribution in [2.45, 2.75) is 32.0 Å². The van der Waals surface area contributed by atoms with Crippen molar-refractivity contribution in [2.24, 2.45) is 0 Å². The van der Waals surface area contributed by atoms with Crippen LogP contribution in [0.4, 0.5) is 4.79 Å². The average molecular weight is 498 g/mol. The van der Waals surface area contributed by atoms with Crippen LogP contribution in [0.3, 0.4) is 0 Å². The summed E-state index contributed by atoms with van der Waals surface area (Å²) < 4.78 is 17.7. The van der Waals surface area contributed by atoms with Crippen LogP contribution in [0.1, 0.15) is 18.5 Å². The van der Waals surface area contributed by atoms with Crippen LogP contribution in [0.2, 0.25) is 0 Å². The van der Waals surface area contributed by atoms with Crippen LogP contribution in [-0.2, 0) is 13.1 Å². The Labute approximate surface area is 206 Å². The summed E-state index contributed by atoms with van der Waals surface area (Å²) in [7, 11) is 1.51. The van der Waals surface area contributed by atoms with Gasteiger partial charge < -0.3 is 24.2 Å². The summed E-state index contributed by atoms with van der Waals surface area (Å²) in [5.74, 6) is 1.16.